The average Bonchev–Trinajstić information content (AvgIpc) is 2.97. The molecule has 2 aromatic heterocycles. The van der Waals surface area contributed by atoms with Gasteiger partial charge in [-0.25, -0.2) is 14.2 Å². The zero-order valence-electron chi connectivity index (χ0n) is 23.5. The van der Waals surface area contributed by atoms with Crippen LogP contribution in [0.3, 0.4) is 0 Å². The number of hydrogen-bond acceptors (Lipinski definition) is 9. The Hall–Kier alpha value is -4.34. The molecule has 0 radical (unpaired) electrons. The van der Waals surface area contributed by atoms with E-state index < -0.39 is 113 Å². The summed E-state index contributed by atoms with van der Waals surface area (Å²) in [6.45, 7) is 5.79. The Balaban J connectivity index is 2.08. The van der Waals surface area contributed by atoms with E-state index in [9.17, 15) is 47.0 Å². The third-order valence-corrected chi connectivity index (χ3v) is 7.28. The quantitative estimate of drug-likeness (QED) is 0.181. The van der Waals surface area contributed by atoms with E-state index in [1.807, 2.05) is 0 Å². The van der Waals surface area contributed by atoms with Gasteiger partial charge in [0.05, 0.1) is 18.1 Å². The molecule has 12 nitrogen and oxygen atoms in total. The van der Waals surface area contributed by atoms with Gasteiger partial charge < -0.3 is 30.9 Å². The van der Waals surface area contributed by atoms with Crippen LogP contribution in [0.1, 0.15) is 50.2 Å². The highest BCUT2D eigenvalue weighted by molar-refractivity contribution is 5.98. The van der Waals surface area contributed by atoms with Crippen LogP contribution < -0.4 is 16.0 Å². The maximum atomic E-state index is 14.6. The number of pyridine rings is 2. The van der Waals surface area contributed by atoms with Crippen LogP contribution in [-0.4, -0.2) is 74.2 Å². The molecule has 1 fully saturated rings. The highest BCUT2D eigenvalue weighted by Crippen LogP contribution is 2.23. The fraction of sp³-hybridized carbons (Fsp3) is 0.481. The Labute approximate surface area is 243 Å². The van der Waals surface area contributed by atoms with Crippen LogP contribution in [-0.2, 0) is 25.5 Å². The number of aromatic nitrogens is 2. The number of aromatic hydroxyl groups is 1. The SMILES string of the molecule is CCC(C)C1NC(=O)[C@H](C)[C@H](O)[C@H](Cc2c(F)nc(F)c(F)c2F)NC(=O)[C@@H](NC(=O)c2ncccc2O)[C@@H](C)OC1=O. The number of hydrogen-bond donors (Lipinski definition) is 5. The summed E-state index contributed by atoms with van der Waals surface area (Å²) in [5, 5.41) is 28.1. The second kappa shape index (κ2) is 13.8. The van der Waals surface area contributed by atoms with E-state index in [-0.39, 0.29) is 0 Å². The number of carbonyl (C=O) groups is 4. The van der Waals surface area contributed by atoms with E-state index in [1.54, 1.807) is 13.8 Å². The Kier molecular flexibility index (Phi) is 10.6. The summed E-state index contributed by atoms with van der Waals surface area (Å²) in [7, 11) is 0. The highest BCUT2D eigenvalue weighted by Gasteiger charge is 2.41. The number of nitrogens with one attached hydrogen (secondary N) is 3. The maximum Gasteiger partial charge on any atom is 0.329 e. The third kappa shape index (κ3) is 7.36. The lowest BCUT2D eigenvalue weighted by Crippen LogP contribution is -2.61. The number of aliphatic hydroxyl groups is 1. The van der Waals surface area contributed by atoms with Crippen LogP contribution in [0.2, 0.25) is 0 Å². The van der Waals surface area contributed by atoms with Crippen molar-refractivity contribution >= 4 is 23.7 Å². The standard InChI is InChI=1S/C27H31F4N5O7/c1-5-10(2)18-27(42)43-12(4)19(35-26(41)20-15(37)7-6-8-32-20)25(40)33-14(21(38)11(3)24(39)34-18)9-13-16(28)17(29)23(31)36-22(13)30/h6-8,10-12,14,18-19,21,37-38H,5,9H2,1-4H3,(H,33,40)(H,34,39)(H,35,41)/t10?,11-,12-,14+,18?,19+,21+/m1/s1. The number of rotatable bonds is 6. The zero-order valence-corrected chi connectivity index (χ0v) is 23.5. The van der Waals surface area contributed by atoms with Crippen molar-refractivity contribution in [2.24, 2.45) is 11.8 Å². The lowest BCUT2D eigenvalue weighted by atomic mass is 9.90. The molecule has 234 valence electrons. The summed E-state index contributed by atoms with van der Waals surface area (Å²) in [4.78, 5) is 59.1. The Morgan fingerprint density at radius 3 is 2.40 bits per heavy atom. The minimum absolute atomic E-state index is 0.384. The molecule has 43 heavy (non-hydrogen) atoms. The predicted octanol–water partition coefficient (Wildman–Crippen LogP) is 1.04. The average molecular weight is 614 g/mol. The molecule has 2 unspecified atom stereocenters. The molecule has 3 rings (SSSR count). The van der Waals surface area contributed by atoms with Crippen molar-refractivity contribution in [3.8, 4) is 5.75 Å². The van der Waals surface area contributed by atoms with Crippen LogP contribution in [0.25, 0.3) is 0 Å². The molecule has 0 spiro atoms. The molecule has 0 aromatic carbocycles. The summed E-state index contributed by atoms with van der Waals surface area (Å²) in [5.74, 6) is -14.5. The lowest BCUT2D eigenvalue weighted by Gasteiger charge is -2.34. The first-order chi connectivity index (χ1) is 20.2. The van der Waals surface area contributed by atoms with Gasteiger partial charge in [0.25, 0.3) is 11.9 Å². The van der Waals surface area contributed by atoms with Gasteiger partial charge in [0.1, 0.15) is 23.9 Å². The summed E-state index contributed by atoms with van der Waals surface area (Å²) >= 11 is 0. The van der Waals surface area contributed by atoms with E-state index in [0.717, 1.165) is 6.07 Å². The van der Waals surface area contributed by atoms with Crippen molar-refractivity contribution in [3.05, 3.63) is 53.1 Å². The van der Waals surface area contributed by atoms with Gasteiger partial charge in [0, 0.05) is 18.2 Å². The number of amides is 3. The van der Waals surface area contributed by atoms with Crippen LogP contribution in [0, 0.1) is 35.4 Å². The number of carbonyl (C=O) groups excluding carboxylic acids is 4. The molecule has 3 amide bonds. The van der Waals surface area contributed by atoms with Gasteiger partial charge >= 0.3 is 5.97 Å². The van der Waals surface area contributed by atoms with E-state index in [2.05, 4.69) is 25.9 Å². The molecular weight excluding hydrogens is 582 g/mol. The van der Waals surface area contributed by atoms with Gasteiger partial charge in [-0.3, -0.25) is 14.4 Å². The molecule has 0 aliphatic carbocycles. The van der Waals surface area contributed by atoms with Gasteiger partial charge in [-0.05, 0) is 25.0 Å². The fourth-order valence-corrected chi connectivity index (χ4v) is 4.40. The first kappa shape index (κ1) is 33.2. The minimum Gasteiger partial charge on any atom is -0.505 e. The molecule has 2 aromatic rings. The van der Waals surface area contributed by atoms with Crippen molar-refractivity contribution in [1.82, 2.24) is 25.9 Å². The Morgan fingerprint density at radius 1 is 1.09 bits per heavy atom. The van der Waals surface area contributed by atoms with Crippen molar-refractivity contribution in [2.75, 3.05) is 0 Å². The largest absolute Gasteiger partial charge is 0.505 e. The summed E-state index contributed by atoms with van der Waals surface area (Å²) in [6.07, 6.45) is -2.83. The smallest absolute Gasteiger partial charge is 0.329 e. The summed E-state index contributed by atoms with van der Waals surface area (Å²) in [6, 6.07) is -2.29. The Bertz CT molecular complexity index is 1400. The lowest BCUT2D eigenvalue weighted by molar-refractivity contribution is -0.157. The van der Waals surface area contributed by atoms with E-state index in [1.165, 1.54) is 26.1 Å². The number of halogens is 4. The van der Waals surface area contributed by atoms with Crippen LogP contribution >= 0.6 is 0 Å². The summed E-state index contributed by atoms with van der Waals surface area (Å²) in [5.41, 5.74) is -1.63. The highest BCUT2D eigenvalue weighted by atomic mass is 19.2. The fourth-order valence-electron chi connectivity index (χ4n) is 4.40. The van der Waals surface area contributed by atoms with E-state index >= 15 is 0 Å². The maximum absolute atomic E-state index is 14.6. The van der Waals surface area contributed by atoms with Gasteiger partial charge in [0.15, 0.2) is 11.5 Å². The summed E-state index contributed by atoms with van der Waals surface area (Å²) < 4.78 is 61.9. The van der Waals surface area contributed by atoms with Crippen molar-refractivity contribution < 1.29 is 51.7 Å². The number of cyclic esters (lactones) is 1. The van der Waals surface area contributed by atoms with E-state index in [0.29, 0.717) is 6.42 Å². The molecule has 7 atom stereocenters. The molecule has 0 bridgehead atoms. The van der Waals surface area contributed by atoms with Crippen molar-refractivity contribution in [1.29, 1.82) is 0 Å². The van der Waals surface area contributed by atoms with Gasteiger partial charge in [-0.2, -0.15) is 18.2 Å². The van der Waals surface area contributed by atoms with Gasteiger partial charge in [-0.15, -0.1) is 0 Å². The molecule has 3 heterocycles. The topological polar surface area (TPSA) is 180 Å². The molecule has 1 aliphatic heterocycles. The monoisotopic (exact) mass is 613 g/mol. The minimum atomic E-state index is -2.10. The molecule has 1 aliphatic rings. The Morgan fingerprint density at radius 2 is 1.77 bits per heavy atom. The molecular formula is C27H31F4N5O7. The second-order valence-corrected chi connectivity index (χ2v) is 10.2. The van der Waals surface area contributed by atoms with Crippen molar-refractivity contribution in [3.63, 3.8) is 0 Å². The van der Waals surface area contributed by atoms with Gasteiger partial charge in [-0.1, -0.05) is 27.2 Å². The predicted molar refractivity (Wildman–Crippen MR) is 139 cm³/mol. The normalized spacial score (nSPS) is 25.8. The number of esters is 1. The van der Waals surface area contributed by atoms with Gasteiger partial charge in [0.2, 0.25) is 23.6 Å². The number of ether oxygens (including phenoxy) is 1. The van der Waals surface area contributed by atoms with Crippen LogP contribution in [0.4, 0.5) is 17.6 Å². The molecule has 0 saturated carbocycles. The second-order valence-electron chi connectivity index (χ2n) is 10.2. The molecule has 1 saturated heterocycles. The zero-order chi connectivity index (χ0) is 32.2. The van der Waals surface area contributed by atoms with Crippen LogP contribution in [0.15, 0.2) is 18.3 Å². The first-order valence-electron chi connectivity index (χ1n) is 13.3. The number of aliphatic hydroxyl groups excluding tert-OH is 1. The first-order valence-corrected chi connectivity index (χ1v) is 13.3. The third-order valence-electron chi connectivity index (χ3n) is 7.28. The number of nitrogens with zero attached hydrogens (tertiary/aromatic N) is 2. The van der Waals surface area contributed by atoms with E-state index in [4.69, 9.17) is 4.74 Å². The van der Waals surface area contributed by atoms with Crippen molar-refractivity contribution in [2.45, 2.75) is 70.9 Å². The molecule has 16 heteroatoms. The molecule has 5 N–H and O–H groups in total. The van der Waals surface area contributed by atoms with Crippen LogP contribution in [0.5, 0.6) is 5.75 Å².